The summed E-state index contributed by atoms with van der Waals surface area (Å²) in [6, 6.07) is 1.89. The molecule has 0 spiro atoms. The Hall–Kier alpha value is -2.74. The van der Waals surface area contributed by atoms with E-state index >= 15 is 0 Å². The number of carbonyl (C=O) groups is 1. The highest BCUT2D eigenvalue weighted by atomic mass is 16.6. The number of ether oxygens (including phenoxy) is 2. The molecule has 0 bridgehead atoms. The lowest BCUT2D eigenvalue weighted by Gasteiger charge is -2.21. The number of rotatable bonds is 3. The molecule has 0 saturated carbocycles. The molecule has 3 N–H and O–H groups in total. The summed E-state index contributed by atoms with van der Waals surface area (Å²) in [5.74, 6) is -0.548. The molecule has 10 heteroatoms. The number of aromatic amines is 1. The lowest BCUT2D eigenvalue weighted by atomic mass is 10.1. The highest BCUT2D eigenvalue weighted by Crippen LogP contribution is 2.34. The van der Waals surface area contributed by atoms with E-state index in [4.69, 9.17) is 9.47 Å². The monoisotopic (exact) mass is 348 g/mol. The molecule has 0 aliphatic carbocycles. The van der Waals surface area contributed by atoms with Crippen molar-refractivity contribution in [1.29, 1.82) is 5.26 Å². The van der Waals surface area contributed by atoms with Gasteiger partial charge in [-0.15, -0.1) is 0 Å². The average molecular weight is 348 g/mol. The molecule has 2 aromatic heterocycles. The number of esters is 1. The Morgan fingerprint density at radius 2 is 2.24 bits per heavy atom. The van der Waals surface area contributed by atoms with E-state index in [0.717, 1.165) is 0 Å². The van der Waals surface area contributed by atoms with Gasteiger partial charge in [-0.3, -0.25) is 9.59 Å². The molecule has 2 aromatic rings. The van der Waals surface area contributed by atoms with E-state index in [1.807, 2.05) is 6.07 Å². The van der Waals surface area contributed by atoms with E-state index in [0.29, 0.717) is 0 Å². The van der Waals surface area contributed by atoms with Crippen LogP contribution >= 0.6 is 0 Å². The van der Waals surface area contributed by atoms with E-state index < -0.39 is 42.2 Å². The molecular formula is C15H16N4O6. The molecule has 0 amide bonds. The van der Waals surface area contributed by atoms with E-state index in [1.165, 1.54) is 30.9 Å². The first-order valence-electron chi connectivity index (χ1n) is 7.52. The van der Waals surface area contributed by atoms with Crippen LogP contribution in [-0.2, 0) is 14.3 Å². The quantitative estimate of drug-likeness (QED) is 0.608. The van der Waals surface area contributed by atoms with Gasteiger partial charge in [0.05, 0.1) is 11.9 Å². The minimum atomic E-state index is -1.37. The lowest BCUT2D eigenvalue weighted by molar-refractivity contribution is -0.157. The molecule has 10 nitrogen and oxygen atoms in total. The van der Waals surface area contributed by atoms with Gasteiger partial charge >= 0.3 is 5.97 Å². The highest BCUT2D eigenvalue weighted by Gasteiger charge is 2.47. The summed E-state index contributed by atoms with van der Waals surface area (Å²) in [4.78, 5) is 29.5. The third kappa shape index (κ3) is 2.78. The predicted molar refractivity (Wildman–Crippen MR) is 82.2 cm³/mol. The first-order chi connectivity index (χ1) is 11.8. The van der Waals surface area contributed by atoms with Crippen molar-refractivity contribution < 1.29 is 24.5 Å². The maximum absolute atomic E-state index is 12.0. The molecule has 0 aromatic carbocycles. The van der Waals surface area contributed by atoms with Gasteiger partial charge in [0.1, 0.15) is 35.9 Å². The highest BCUT2D eigenvalue weighted by molar-refractivity contribution is 5.82. The molecule has 3 rings (SSSR count). The van der Waals surface area contributed by atoms with Gasteiger partial charge in [-0.05, 0) is 6.92 Å². The fourth-order valence-corrected chi connectivity index (χ4v) is 3.00. The van der Waals surface area contributed by atoms with Gasteiger partial charge in [-0.2, -0.15) is 5.26 Å². The smallest absolute Gasteiger partial charge is 0.302 e. The number of nitriles is 1. The molecule has 132 valence electrons. The van der Waals surface area contributed by atoms with Crippen LogP contribution in [-0.4, -0.2) is 55.1 Å². The molecule has 0 radical (unpaired) electrons. The molecule has 1 saturated heterocycles. The standard InChI is InChI=1S/C15H16N4O6/c1-6(24-7(2)20)12-10(21)11(22)15(25-12)19-4-8(3-16)9-13(19)17-5-18-14(9)23/h4-6,10-12,15,21-22H,1-2H3,(H,17,18,23)/t6-,10+,11-,12-,15-/m1/s1. The van der Waals surface area contributed by atoms with E-state index in [-0.39, 0.29) is 16.6 Å². The lowest BCUT2D eigenvalue weighted by Crippen LogP contribution is -2.39. The first kappa shape index (κ1) is 17.1. The number of aliphatic hydroxyl groups excluding tert-OH is 2. The van der Waals surface area contributed by atoms with Crippen LogP contribution in [0.3, 0.4) is 0 Å². The fraction of sp³-hybridized carbons (Fsp3) is 0.467. The number of nitrogens with one attached hydrogen (secondary N) is 1. The van der Waals surface area contributed by atoms with Crippen LogP contribution in [0.25, 0.3) is 11.0 Å². The van der Waals surface area contributed by atoms with Crippen LogP contribution in [0.1, 0.15) is 25.6 Å². The Morgan fingerprint density at radius 3 is 2.88 bits per heavy atom. The van der Waals surface area contributed by atoms with Crippen molar-refractivity contribution in [1.82, 2.24) is 14.5 Å². The van der Waals surface area contributed by atoms with Crippen molar-refractivity contribution in [2.75, 3.05) is 0 Å². The Balaban J connectivity index is 2.02. The molecule has 1 aliphatic heterocycles. The number of aromatic nitrogens is 3. The average Bonchev–Trinajstić information content (AvgIpc) is 3.07. The Kier molecular flexibility index (Phi) is 4.30. The summed E-state index contributed by atoms with van der Waals surface area (Å²) in [7, 11) is 0. The number of H-pyrrole nitrogens is 1. The maximum atomic E-state index is 12.0. The van der Waals surface area contributed by atoms with E-state index in [2.05, 4.69) is 9.97 Å². The minimum absolute atomic E-state index is 0.0612. The summed E-state index contributed by atoms with van der Waals surface area (Å²) < 4.78 is 12.0. The van der Waals surface area contributed by atoms with Crippen LogP contribution in [0.2, 0.25) is 0 Å². The normalized spacial score (nSPS) is 27.2. The number of carbonyl (C=O) groups excluding carboxylic acids is 1. The third-order valence-electron chi connectivity index (χ3n) is 4.10. The van der Waals surface area contributed by atoms with E-state index in [1.54, 1.807) is 0 Å². The van der Waals surface area contributed by atoms with Crippen molar-refractivity contribution in [3.05, 3.63) is 28.4 Å². The summed E-state index contributed by atoms with van der Waals surface area (Å²) in [5.41, 5.74) is -0.304. The topological polar surface area (TPSA) is 150 Å². The fourth-order valence-electron chi connectivity index (χ4n) is 3.00. The summed E-state index contributed by atoms with van der Waals surface area (Å²) in [6.45, 7) is 2.75. The van der Waals surface area contributed by atoms with Gasteiger partial charge in [0.15, 0.2) is 11.9 Å². The molecule has 0 unspecified atom stereocenters. The number of hydrogen-bond donors (Lipinski definition) is 3. The second-order valence-electron chi connectivity index (χ2n) is 5.78. The molecular weight excluding hydrogens is 332 g/mol. The predicted octanol–water partition coefficient (Wildman–Crippen LogP) is -0.833. The Bertz CT molecular complexity index is 913. The van der Waals surface area contributed by atoms with Gasteiger partial charge in [-0.1, -0.05) is 0 Å². The molecule has 3 heterocycles. The largest absolute Gasteiger partial charge is 0.460 e. The molecule has 25 heavy (non-hydrogen) atoms. The van der Waals surface area contributed by atoms with Crippen molar-refractivity contribution in [3.63, 3.8) is 0 Å². The zero-order chi connectivity index (χ0) is 18.3. The minimum Gasteiger partial charge on any atom is -0.460 e. The van der Waals surface area contributed by atoms with Gasteiger partial charge < -0.3 is 29.2 Å². The molecule has 1 aliphatic rings. The SMILES string of the molecule is CC(=O)O[C@H](C)[C@H]1O[C@@H](n2cc(C#N)c3c(=O)[nH]cnc32)[C@H](O)[C@@H]1O. The Labute approximate surface area is 141 Å². The first-order valence-corrected chi connectivity index (χ1v) is 7.52. The van der Waals surface area contributed by atoms with Gasteiger partial charge in [0.25, 0.3) is 5.56 Å². The number of aliphatic hydroxyl groups is 2. The van der Waals surface area contributed by atoms with Crippen molar-refractivity contribution in [2.45, 2.75) is 44.5 Å². The zero-order valence-corrected chi connectivity index (χ0v) is 13.4. The Morgan fingerprint density at radius 1 is 1.52 bits per heavy atom. The molecule has 1 fully saturated rings. The summed E-state index contributed by atoms with van der Waals surface area (Å²) in [5, 5.41) is 29.9. The second kappa shape index (κ2) is 6.29. The summed E-state index contributed by atoms with van der Waals surface area (Å²) >= 11 is 0. The van der Waals surface area contributed by atoms with Crippen LogP contribution in [0.5, 0.6) is 0 Å². The number of fused-ring (bicyclic) bond motifs is 1. The van der Waals surface area contributed by atoms with Crippen LogP contribution in [0.4, 0.5) is 0 Å². The van der Waals surface area contributed by atoms with E-state index in [9.17, 15) is 25.1 Å². The molecule has 5 atom stereocenters. The van der Waals surface area contributed by atoms with Crippen molar-refractivity contribution in [3.8, 4) is 6.07 Å². The van der Waals surface area contributed by atoms with Crippen molar-refractivity contribution >= 4 is 17.0 Å². The van der Waals surface area contributed by atoms with Gasteiger partial charge in [0, 0.05) is 13.1 Å². The van der Waals surface area contributed by atoms with Crippen LogP contribution in [0.15, 0.2) is 17.3 Å². The van der Waals surface area contributed by atoms with Crippen molar-refractivity contribution in [2.24, 2.45) is 0 Å². The summed E-state index contributed by atoms with van der Waals surface area (Å²) in [6.07, 6.45) is -3.09. The van der Waals surface area contributed by atoms with Crippen LogP contribution in [0, 0.1) is 11.3 Å². The maximum Gasteiger partial charge on any atom is 0.302 e. The second-order valence-corrected chi connectivity index (χ2v) is 5.78. The third-order valence-corrected chi connectivity index (χ3v) is 4.10. The number of nitrogens with zero attached hydrogens (tertiary/aromatic N) is 3. The zero-order valence-electron chi connectivity index (χ0n) is 13.4. The van der Waals surface area contributed by atoms with Crippen LogP contribution < -0.4 is 5.56 Å². The number of hydrogen-bond acceptors (Lipinski definition) is 8. The van der Waals surface area contributed by atoms with Gasteiger partial charge in [-0.25, -0.2) is 4.98 Å². The van der Waals surface area contributed by atoms with Gasteiger partial charge in [0.2, 0.25) is 0 Å².